The Hall–Kier alpha value is -2.36. The minimum Gasteiger partial charge on any atom is -0.493 e. The highest BCUT2D eigenvalue weighted by atomic mass is 16.7. The summed E-state index contributed by atoms with van der Waals surface area (Å²) in [6.07, 6.45) is 1.01. The van der Waals surface area contributed by atoms with Crippen molar-refractivity contribution in [2.75, 3.05) is 19.2 Å². The first kappa shape index (κ1) is 13.6. The van der Waals surface area contributed by atoms with E-state index in [4.69, 9.17) is 14.2 Å². The number of aryl methyl sites for hydroxylation is 1. The topological polar surface area (TPSA) is 39.7 Å². The molecule has 2 aromatic rings. The van der Waals surface area contributed by atoms with Gasteiger partial charge in [-0.2, -0.15) is 0 Å². The maximum Gasteiger partial charge on any atom is 0.231 e. The van der Waals surface area contributed by atoms with E-state index in [0.29, 0.717) is 18.0 Å². The molecule has 0 unspecified atom stereocenters. The Morgan fingerprint density at radius 3 is 2.86 bits per heavy atom. The number of anilines is 1. The average molecular weight is 285 g/mol. The highest BCUT2D eigenvalue weighted by Gasteiger charge is 2.19. The molecule has 0 bridgehead atoms. The molecule has 0 saturated carbocycles. The van der Waals surface area contributed by atoms with Crippen molar-refractivity contribution >= 4 is 5.69 Å². The number of rotatable bonds is 5. The van der Waals surface area contributed by atoms with Gasteiger partial charge in [-0.1, -0.05) is 25.1 Å². The third kappa shape index (κ3) is 2.75. The Morgan fingerprint density at radius 2 is 2.05 bits per heavy atom. The summed E-state index contributed by atoms with van der Waals surface area (Å²) in [5.41, 5.74) is 3.57. The number of para-hydroxylation sites is 1. The summed E-state index contributed by atoms with van der Waals surface area (Å²) in [4.78, 5) is 0. The van der Waals surface area contributed by atoms with Crippen LogP contribution >= 0.6 is 0 Å². The number of methoxy groups -OCH3 is 1. The van der Waals surface area contributed by atoms with Crippen molar-refractivity contribution in [2.45, 2.75) is 19.9 Å². The summed E-state index contributed by atoms with van der Waals surface area (Å²) in [5, 5.41) is 3.47. The first-order valence-electron chi connectivity index (χ1n) is 7.10. The standard InChI is InChI=1S/C17H19NO3/c1-3-13-6-4-5-7-14(13)18-10-12-8-15(19-2)17-16(9-12)20-11-21-17/h4-9,18H,3,10-11H2,1-2H3. The number of hydrogen-bond acceptors (Lipinski definition) is 4. The predicted octanol–water partition coefficient (Wildman–Crippen LogP) is 3.60. The van der Waals surface area contributed by atoms with Crippen LogP contribution in [0.4, 0.5) is 5.69 Å². The molecule has 0 fully saturated rings. The molecule has 2 aromatic carbocycles. The number of nitrogens with one attached hydrogen (secondary N) is 1. The molecule has 0 aliphatic carbocycles. The van der Waals surface area contributed by atoms with Gasteiger partial charge in [-0.3, -0.25) is 0 Å². The van der Waals surface area contributed by atoms with Crippen LogP contribution in [0, 0.1) is 0 Å². The van der Waals surface area contributed by atoms with Crippen LogP contribution in [0.5, 0.6) is 17.2 Å². The number of fused-ring (bicyclic) bond motifs is 1. The summed E-state index contributed by atoms with van der Waals surface area (Å²) >= 11 is 0. The smallest absolute Gasteiger partial charge is 0.231 e. The van der Waals surface area contributed by atoms with Gasteiger partial charge in [0.15, 0.2) is 11.5 Å². The summed E-state index contributed by atoms with van der Waals surface area (Å²) < 4.78 is 16.2. The maximum absolute atomic E-state index is 5.45. The number of benzene rings is 2. The summed E-state index contributed by atoms with van der Waals surface area (Å²) in [5.74, 6) is 2.15. The molecular formula is C17H19NO3. The second-order valence-corrected chi connectivity index (χ2v) is 4.90. The van der Waals surface area contributed by atoms with E-state index in [1.807, 2.05) is 18.2 Å². The fraction of sp³-hybridized carbons (Fsp3) is 0.294. The normalized spacial score (nSPS) is 12.3. The van der Waals surface area contributed by atoms with E-state index in [2.05, 4.69) is 30.4 Å². The van der Waals surface area contributed by atoms with Crippen molar-refractivity contribution in [2.24, 2.45) is 0 Å². The van der Waals surface area contributed by atoms with Crippen LogP contribution in [0.25, 0.3) is 0 Å². The lowest BCUT2D eigenvalue weighted by molar-refractivity contribution is 0.171. The lowest BCUT2D eigenvalue weighted by Crippen LogP contribution is -2.02. The zero-order chi connectivity index (χ0) is 14.7. The quantitative estimate of drug-likeness (QED) is 0.911. The van der Waals surface area contributed by atoms with Gasteiger partial charge < -0.3 is 19.5 Å². The number of ether oxygens (including phenoxy) is 3. The lowest BCUT2D eigenvalue weighted by Gasteiger charge is -2.12. The van der Waals surface area contributed by atoms with Crippen LogP contribution in [0.1, 0.15) is 18.1 Å². The molecule has 110 valence electrons. The van der Waals surface area contributed by atoms with Gasteiger partial charge in [0.2, 0.25) is 12.5 Å². The van der Waals surface area contributed by atoms with E-state index < -0.39 is 0 Å². The highest BCUT2D eigenvalue weighted by molar-refractivity contribution is 5.56. The molecule has 0 atom stereocenters. The maximum atomic E-state index is 5.45. The molecule has 1 aliphatic rings. The molecule has 1 N–H and O–H groups in total. The van der Waals surface area contributed by atoms with Crippen molar-refractivity contribution in [1.29, 1.82) is 0 Å². The Labute approximate surface area is 124 Å². The van der Waals surface area contributed by atoms with E-state index >= 15 is 0 Å². The molecule has 21 heavy (non-hydrogen) atoms. The van der Waals surface area contributed by atoms with Gasteiger partial charge in [-0.05, 0) is 35.7 Å². The summed E-state index contributed by atoms with van der Waals surface area (Å²) in [7, 11) is 1.64. The minimum atomic E-state index is 0.251. The third-order valence-corrected chi connectivity index (χ3v) is 3.60. The van der Waals surface area contributed by atoms with Crippen LogP contribution in [0.2, 0.25) is 0 Å². The first-order valence-corrected chi connectivity index (χ1v) is 7.10. The molecule has 3 rings (SSSR count). The Bertz CT molecular complexity index is 640. The van der Waals surface area contributed by atoms with Crippen molar-refractivity contribution < 1.29 is 14.2 Å². The van der Waals surface area contributed by atoms with Crippen molar-refractivity contribution in [3.63, 3.8) is 0 Å². The molecule has 1 aliphatic heterocycles. The molecular weight excluding hydrogens is 266 g/mol. The molecule has 0 spiro atoms. The molecule has 4 nitrogen and oxygen atoms in total. The SMILES string of the molecule is CCc1ccccc1NCc1cc(OC)c2c(c1)OCO2. The largest absolute Gasteiger partial charge is 0.493 e. The Kier molecular flexibility index (Phi) is 3.86. The first-order chi connectivity index (χ1) is 10.3. The van der Waals surface area contributed by atoms with Gasteiger partial charge in [0.05, 0.1) is 7.11 Å². The van der Waals surface area contributed by atoms with Crippen LogP contribution in [0.15, 0.2) is 36.4 Å². The second-order valence-electron chi connectivity index (χ2n) is 4.90. The van der Waals surface area contributed by atoms with E-state index in [9.17, 15) is 0 Å². The monoisotopic (exact) mass is 285 g/mol. The van der Waals surface area contributed by atoms with Gasteiger partial charge >= 0.3 is 0 Å². The van der Waals surface area contributed by atoms with Gasteiger partial charge in [-0.15, -0.1) is 0 Å². The van der Waals surface area contributed by atoms with Crippen LogP contribution < -0.4 is 19.5 Å². The zero-order valence-electron chi connectivity index (χ0n) is 12.3. The van der Waals surface area contributed by atoms with E-state index in [1.165, 1.54) is 5.56 Å². The molecule has 4 heteroatoms. The van der Waals surface area contributed by atoms with Gasteiger partial charge in [-0.25, -0.2) is 0 Å². The molecule has 0 saturated heterocycles. The fourth-order valence-electron chi connectivity index (χ4n) is 2.48. The van der Waals surface area contributed by atoms with Crippen LogP contribution in [0.3, 0.4) is 0 Å². The van der Waals surface area contributed by atoms with E-state index in [0.717, 1.165) is 23.4 Å². The second kappa shape index (κ2) is 5.95. The van der Waals surface area contributed by atoms with Gasteiger partial charge in [0.25, 0.3) is 0 Å². The fourth-order valence-corrected chi connectivity index (χ4v) is 2.48. The molecule has 0 aromatic heterocycles. The molecule has 0 amide bonds. The van der Waals surface area contributed by atoms with E-state index in [-0.39, 0.29) is 6.79 Å². The zero-order valence-corrected chi connectivity index (χ0v) is 12.3. The highest BCUT2D eigenvalue weighted by Crippen LogP contribution is 2.41. The minimum absolute atomic E-state index is 0.251. The van der Waals surface area contributed by atoms with Crippen molar-refractivity contribution in [3.8, 4) is 17.2 Å². The third-order valence-electron chi connectivity index (χ3n) is 3.60. The lowest BCUT2D eigenvalue weighted by atomic mass is 10.1. The van der Waals surface area contributed by atoms with Crippen molar-refractivity contribution in [3.05, 3.63) is 47.5 Å². The molecule has 1 heterocycles. The molecule has 0 radical (unpaired) electrons. The van der Waals surface area contributed by atoms with Gasteiger partial charge in [0, 0.05) is 12.2 Å². The Morgan fingerprint density at radius 1 is 1.19 bits per heavy atom. The van der Waals surface area contributed by atoms with Crippen LogP contribution in [-0.4, -0.2) is 13.9 Å². The van der Waals surface area contributed by atoms with Crippen LogP contribution in [-0.2, 0) is 13.0 Å². The average Bonchev–Trinajstić information content (AvgIpc) is 3.00. The van der Waals surface area contributed by atoms with Gasteiger partial charge in [0.1, 0.15) is 0 Å². The summed E-state index contributed by atoms with van der Waals surface area (Å²) in [6.45, 7) is 3.12. The Balaban J connectivity index is 1.79. The van der Waals surface area contributed by atoms with Crippen molar-refractivity contribution in [1.82, 2.24) is 0 Å². The predicted molar refractivity (Wildman–Crippen MR) is 82.3 cm³/mol. The van der Waals surface area contributed by atoms with E-state index in [1.54, 1.807) is 7.11 Å². The summed E-state index contributed by atoms with van der Waals surface area (Å²) in [6, 6.07) is 12.3. The number of hydrogen-bond donors (Lipinski definition) is 1.